The van der Waals surface area contributed by atoms with Crippen molar-refractivity contribution in [2.24, 2.45) is 0 Å². The van der Waals surface area contributed by atoms with E-state index in [4.69, 9.17) is 0 Å². The zero-order chi connectivity index (χ0) is 15.2. The average Bonchev–Trinajstić information content (AvgIpc) is 2.91. The second-order valence-electron chi connectivity index (χ2n) is 5.34. The third-order valence-electron chi connectivity index (χ3n) is 3.74. The van der Waals surface area contributed by atoms with Gasteiger partial charge >= 0.3 is 5.97 Å². The van der Waals surface area contributed by atoms with E-state index in [0.29, 0.717) is 25.9 Å². The Labute approximate surface area is 125 Å². The molecule has 1 amide bonds. The molecule has 0 spiro atoms. The van der Waals surface area contributed by atoms with Crippen molar-refractivity contribution in [2.75, 3.05) is 38.7 Å². The van der Waals surface area contributed by atoms with Crippen LogP contribution in [0.4, 0.5) is 5.69 Å². The summed E-state index contributed by atoms with van der Waals surface area (Å²) in [5.74, 6) is -0.0938. The van der Waals surface area contributed by atoms with Crippen LogP contribution in [-0.2, 0) is 20.7 Å². The second-order valence-corrected chi connectivity index (χ2v) is 5.34. The second kappa shape index (κ2) is 7.22. The molecule has 1 heterocycles. The van der Waals surface area contributed by atoms with Crippen molar-refractivity contribution in [1.29, 1.82) is 0 Å². The van der Waals surface area contributed by atoms with Gasteiger partial charge in [0.2, 0.25) is 5.91 Å². The Morgan fingerprint density at radius 3 is 2.86 bits per heavy atom. The standard InChI is InChI=1S/C16H22N2O3/c1-17(10-5-8-16(20)21-2)12-15(19)18-11-9-13-6-3-4-7-14(13)18/h3-4,6-7H,5,8-12H2,1-2H3. The van der Waals surface area contributed by atoms with Crippen LogP contribution in [0.1, 0.15) is 18.4 Å². The predicted molar refractivity (Wildman–Crippen MR) is 81.2 cm³/mol. The quantitative estimate of drug-likeness (QED) is 0.744. The Morgan fingerprint density at radius 2 is 2.10 bits per heavy atom. The fourth-order valence-electron chi connectivity index (χ4n) is 2.59. The zero-order valence-electron chi connectivity index (χ0n) is 12.7. The molecular formula is C16H22N2O3. The normalized spacial score (nSPS) is 13.4. The minimum atomic E-state index is -0.205. The number of esters is 1. The van der Waals surface area contributed by atoms with Crippen LogP contribution in [0.3, 0.4) is 0 Å². The maximum Gasteiger partial charge on any atom is 0.305 e. The lowest BCUT2D eigenvalue weighted by atomic mass is 10.2. The molecule has 1 aliphatic rings. The van der Waals surface area contributed by atoms with E-state index >= 15 is 0 Å². The molecule has 0 bridgehead atoms. The average molecular weight is 290 g/mol. The summed E-state index contributed by atoms with van der Waals surface area (Å²) in [4.78, 5) is 27.2. The van der Waals surface area contributed by atoms with Gasteiger partial charge in [0.05, 0.1) is 13.7 Å². The molecular weight excluding hydrogens is 268 g/mol. The van der Waals surface area contributed by atoms with Crippen molar-refractivity contribution in [3.05, 3.63) is 29.8 Å². The van der Waals surface area contributed by atoms with E-state index in [1.165, 1.54) is 12.7 Å². The highest BCUT2D eigenvalue weighted by atomic mass is 16.5. The number of benzene rings is 1. The van der Waals surface area contributed by atoms with E-state index < -0.39 is 0 Å². The van der Waals surface area contributed by atoms with Gasteiger partial charge in [-0.2, -0.15) is 0 Å². The number of carbonyl (C=O) groups is 2. The molecule has 21 heavy (non-hydrogen) atoms. The van der Waals surface area contributed by atoms with E-state index in [-0.39, 0.29) is 11.9 Å². The largest absolute Gasteiger partial charge is 0.469 e. The first-order valence-electron chi connectivity index (χ1n) is 7.25. The molecule has 5 heteroatoms. The number of nitrogens with zero attached hydrogens (tertiary/aromatic N) is 2. The summed E-state index contributed by atoms with van der Waals surface area (Å²) in [7, 11) is 3.29. The van der Waals surface area contributed by atoms with E-state index in [2.05, 4.69) is 10.8 Å². The number of ether oxygens (including phenoxy) is 1. The van der Waals surface area contributed by atoms with Gasteiger partial charge in [-0.15, -0.1) is 0 Å². The number of methoxy groups -OCH3 is 1. The molecule has 2 rings (SSSR count). The number of para-hydroxylation sites is 1. The molecule has 0 aromatic heterocycles. The Kier molecular flexibility index (Phi) is 5.33. The minimum Gasteiger partial charge on any atom is -0.469 e. The number of hydrogen-bond donors (Lipinski definition) is 0. The molecule has 0 radical (unpaired) electrons. The van der Waals surface area contributed by atoms with Gasteiger partial charge in [-0.05, 0) is 38.1 Å². The zero-order valence-corrected chi connectivity index (χ0v) is 12.7. The van der Waals surface area contributed by atoms with Crippen molar-refractivity contribution in [3.63, 3.8) is 0 Å². The van der Waals surface area contributed by atoms with Crippen LogP contribution in [0.15, 0.2) is 24.3 Å². The SMILES string of the molecule is COC(=O)CCCN(C)CC(=O)N1CCc2ccccc21. The summed E-state index contributed by atoms with van der Waals surface area (Å²) in [6, 6.07) is 8.04. The van der Waals surface area contributed by atoms with Crippen LogP contribution in [0.25, 0.3) is 0 Å². The van der Waals surface area contributed by atoms with E-state index in [1.54, 1.807) is 0 Å². The van der Waals surface area contributed by atoms with Crippen LogP contribution in [0.2, 0.25) is 0 Å². The monoisotopic (exact) mass is 290 g/mol. The predicted octanol–water partition coefficient (Wildman–Crippen LogP) is 1.46. The van der Waals surface area contributed by atoms with Crippen LogP contribution in [0.5, 0.6) is 0 Å². The van der Waals surface area contributed by atoms with Gasteiger partial charge in [0.25, 0.3) is 0 Å². The summed E-state index contributed by atoms with van der Waals surface area (Å²) in [5.41, 5.74) is 2.27. The van der Waals surface area contributed by atoms with Gasteiger partial charge < -0.3 is 9.64 Å². The first-order valence-corrected chi connectivity index (χ1v) is 7.25. The first kappa shape index (κ1) is 15.5. The summed E-state index contributed by atoms with van der Waals surface area (Å²) < 4.78 is 4.60. The Morgan fingerprint density at radius 1 is 1.33 bits per heavy atom. The molecule has 0 unspecified atom stereocenters. The van der Waals surface area contributed by atoms with Gasteiger partial charge in [0, 0.05) is 18.7 Å². The number of hydrogen-bond acceptors (Lipinski definition) is 4. The molecule has 5 nitrogen and oxygen atoms in total. The van der Waals surface area contributed by atoms with Gasteiger partial charge in [-0.25, -0.2) is 0 Å². The molecule has 0 saturated heterocycles. The van der Waals surface area contributed by atoms with Crippen molar-refractivity contribution in [1.82, 2.24) is 4.90 Å². The Balaban J connectivity index is 1.81. The number of anilines is 1. The topological polar surface area (TPSA) is 49.9 Å². The lowest BCUT2D eigenvalue weighted by Crippen LogP contribution is -2.38. The van der Waals surface area contributed by atoms with E-state index in [9.17, 15) is 9.59 Å². The number of rotatable bonds is 6. The van der Waals surface area contributed by atoms with Crippen LogP contribution < -0.4 is 4.90 Å². The maximum absolute atomic E-state index is 12.4. The smallest absolute Gasteiger partial charge is 0.305 e. The van der Waals surface area contributed by atoms with Crippen molar-refractivity contribution in [2.45, 2.75) is 19.3 Å². The lowest BCUT2D eigenvalue weighted by Gasteiger charge is -2.22. The van der Waals surface area contributed by atoms with Crippen molar-refractivity contribution < 1.29 is 14.3 Å². The Hall–Kier alpha value is -1.88. The van der Waals surface area contributed by atoms with Crippen molar-refractivity contribution in [3.8, 4) is 0 Å². The summed E-state index contributed by atoms with van der Waals surface area (Å²) in [6.45, 7) is 1.83. The van der Waals surface area contributed by atoms with E-state index in [1.807, 2.05) is 35.0 Å². The van der Waals surface area contributed by atoms with Crippen LogP contribution >= 0.6 is 0 Å². The fourth-order valence-corrected chi connectivity index (χ4v) is 2.59. The lowest BCUT2D eigenvalue weighted by molar-refractivity contribution is -0.140. The molecule has 114 valence electrons. The number of fused-ring (bicyclic) bond motifs is 1. The van der Waals surface area contributed by atoms with Crippen LogP contribution in [-0.4, -0.2) is 50.6 Å². The van der Waals surface area contributed by atoms with Gasteiger partial charge in [-0.1, -0.05) is 18.2 Å². The summed E-state index contributed by atoms with van der Waals surface area (Å²) in [6.07, 6.45) is 2.02. The third-order valence-corrected chi connectivity index (χ3v) is 3.74. The molecule has 0 saturated carbocycles. The molecule has 1 aliphatic heterocycles. The molecule has 0 fully saturated rings. The van der Waals surface area contributed by atoms with Gasteiger partial charge in [0.15, 0.2) is 0 Å². The molecule has 0 N–H and O–H groups in total. The summed E-state index contributed by atoms with van der Waals surface area (Å²) >= 11 is 0. The maximum atomic E-state index is 12.4. The first-order chi connectivity index (χ1) is 10.1. The number of carbonyl (C=O) groups excluding carboxylic acids is 2. The van der Waals surface area contributed by atoms with Gasteiger partial charge in [-0.3, -0.25) is 14.5 Å². The number of amides is 1. The molecule has 1 aromatic rings. The third kappa shape index (κ3) is 4.04. The highest BCUT2D eigenvalue weighted by molar-refractivity contribution is 5.96. The Bertz CT molecular complexity index is 516. The highest BCUT2D eigenvalue weighted by Crippen LogP contribution is 2.27. The molecule has 0 aliphatic carbocycles. The molecule has 0 atom stereocenters. The van der Waals surface area contributed by atoms with Crippen LogP contribution in [0, 0.1) is 0 Å². The van der Waals surface area contributed by atoms with E-state index in [0.717, 1.165) is 18.7 Å². The van der Waals surface area contributed by atoms with Crippen molar-refractivity contribution >= 4 is 17.6 Å². The highest BCUT2D eigenvalue weighted by Gasteiger charge is 2.24. The fraction of sp³-hybridized carbons (Fsp3) is 0.500. The summed E-state index contributed by atoms with van der Waals surface area (Å²) in [5, 5.41) is 0. The minimum absolute atomic E-state index is 0.112. The molecule has 1 aromatic carbocycles. The van der Waals surface area contributed by atoms with Gasteiger partial charge in [0.1, 0.15) is 0 Å². The number of likely N-dealkylation sites (N-methyl/N-ethyl adjacent to an activating group) is 1.